The number of hydrogen-bond donors (Lipinski definition) is 1. The van der Waals surface area contributed by atoms with E-state index in [-0.39, 0.29) is 5.54 Å². The highest BCUT2D eigenvalue weighted by atomic mass is 79.9. The van der Waals surface area contributed by atoms with Crippen molar-refractivity contribution in [3.05, 3.63) is 34.3 Å². The van der Waals surface area contributed by atoms with Gasteiger partial charge >= 0.3 is 0 Å². The third kappa shape index (κ3) is 2.81. The van der Waals surface area contributed by atoms with Gasteiger partial charge in [-0.3, -0.25) is 4.90 Å². The van der Waals surface area contributed by atoms with Crippen molar-refractivity contribution in [1.29, 1.82) is 0 Å². The molecule has 1 heterocycles. The molecule has 2 nitrogen and oxygen atoms in total. The minimum Gasteiger partial charge on any atom is -0.329 e. The van der Waals surface area contributed by atoms with E-state index < -0.39 is 0 Å². The lowest BCUT2D eigenvalue weighted by molar-refractivity contribution is 0.131. The molecule has 0 aromatic heterocycles. The lowest BCUT2D eigenvalue weighted by Crippen LogP contribution is -2.52. The first kappa shape index (κ1) is 14.6. The van der Waals surface area contributed by atoms with E-state index in [9.17, 15) is 0 Å². The molecule has 3 atom stereocenters. The molecule has 1 aromatic carbocycles. The molecular formula is C17H25BrN2. The topological polar surface area (TPSA) is 29.3 Å². The van der Waals surface area contributed by atoms with Crippen LogP contribution in [-0.4, -0.2) is 30.1 Å². The van der Waals surface area contributed by atoms with E-state index >= 15 is 0 Å². The van der Waals surface area contributed by atoms with Crippen LogP contribution in [0.4, 0.5) is 0 Å². The molecule has 1 aromatic rings. The molecule has 0 bridgehead atoms. The quantitative estimate of drug-likeness (QED) is 0.912. The van der Waals surface area contributed by atoms with Crippen molar-refractivity contribution in [2.75, 3.05) is 19.6 Å². The normalized spacial score (nSPS) is 29.4. The Hall–Kier alpha value is -0.380. The van der Waals surface area contributed by atoms with Crippen molar-refractivity contribution in [3.8, 4) is 0 Å². The Morgan fingerprint density at radius 1 is 1.20 bits per heavy atom. The van der Waals surface area contributed by atoms with E-state index in [0.29, 0.717) is 0 Å². The lowest BCUT2D eigenvalue weighted by atomic mass is 9.91. The summed E-state index contributed by atoms with van der Waals surface area (Å²) >= 11 is 3.51. The third-order valence-electron chi connectivity index (χ3n) is 5.43. The third-order valence-corrected chi connectivity index (χ3v) is 5.96. The van der Waals surface area contributed by atoms with Gasteiger partial charge in [-0.25, -0.2) is 0 Å². The fraction of sp³-hybridized carbons (Fsp3) is 0.647. The van der Waals surface area contributed by atoms with Crippen molar-refractivity contribution >= 4 is 15.9 Å². The average Bonchev–Trinajstić information content (AvgIpc) is 3.02. The molecule has 0 amide bonds. The first-order valence-corrected chi connectivity index (χ1v) is 8.59. The van der Waals surface area contributed by atoms with Crippen LogP contribution in [0.1, 0.15) is 31.7 Å². The number of nitrogens with zero attached hydrogens (tertiary/aromatic N) is 1. The average molecular weight is 337 g/mol. The van der Waals surface area contributed by atoms with Gasteiger partial charge in [0.2, 0.25) is 0 Å². The van der Waals surface area contributed by atoms with Crippen molar-refractivity contribution < 1.29 is 0 Å². The molecule has 1 saturated carbocycles. The summed E-state index contributed by atoms with van der Waals surface area (Å²) in [7, 11) is 0. The largest absolute Gasteiger partial charge is 0.329 e. The maximum absolute atomic E-state index is 6.16. The zero-order chi connectivity index (χ0) is 14.2. The highest BCUT2D eigenvalue weighted by Crippen LogP contribution is 2.40. The molecule has 1 aliphatic heterocycles. The van der Waals surface area contributed by atoms with Crippen LogP contribution < -0.4 is 5.73 Å². The van der Waals surface area contributed by atoms with Gasteiger partial charge in [0.15, 0.2) is 0 Å². The molecule has 1 saturated heterocycles. The van der Waals surface area contributed by atoms with E-state index in [1.807, 2.05) is 0 Å². The first-order chi connectivity index (χ1) is 9.60. The van der Waals surface area contributed by atoms with Crippen molar-refractivity contribution in [2.24, 2.45) is 17.6 Å². The van der Waals surface area contributed by atoms with Crippen LogP contribution in [0.3, 0.4) is 0 Å². The van der Waals surface area contributed by atoms with E-state index in [0.717, 1.165) is 29.3 Å². The Balaban J connectivity index is 1.72. The van der Waals surface area contributed by atoms with Gasteiger partial charge in [0.05, 0.1) is 0 Å². The van der Waals surface area contributed by atoms with E-state index in [1.165, 1.54) is 37.9 Å². The second-order valence-corrected chi connectivity index (χ2v) is 7.78. The summed E-state index contributed by atoms with van der Waals surface area (Å²) in [5.41, 5.74) is 7.66. The summed E-state index contributed by atoms with van der Waals surface area (Å²) in [4.78, 5) is 2.67. The predicted octanol–water partition coefficient (Wildman–Crippen LogP) is 3.44. The molecule has 3 heteroatoms. The van der Waals surface area contributed by atoms with Gasteiger partial charge in [-0.2, -0.15) is 0 Å². The molecule has 0 radical (unpaired) electrons. The number of rotatable bonds is 4. The Kier molecular flexibility index (Phi) is 4.21. The summed E-state index contributed by atoms with van der Waals surface area (Å²) in [6.45, 7) is 5.60. The van der Waals surface area contributed by atoms with Gasteiger partial charge < -0.3 is 5.73 Å². The summed E-state index contributed by atoms with van der Waals surface area (Å²) in [6.07, 6.45) is 5.35. The van der Waals surface area contributed by atoms with Gasteiger partial charge in [0.25, 0.3) is 0 Å². The van der Waals surface area contributed by atoms with Crippen molar-refractivity contribution in [2.45, 2.75) is 38.1 Å². The number of fused-ring (bicyclic) bond motifs is 1. The second-order valence-electron chi connectivity index (χ2n) is 6.86. The first-order valence-electron chi connectivity index (χ1n) is 7.80. The standard InChI is InChI=1S/C17H25BrN2/c1-17(12-19,9-13-5-7-16(18)8-6-13)20-10-14-3-2-4-15(14)11-20/h5-8,14-15H,2-4,9-12,19H2,1H3. The SMILES string of the molecule is CC(CN)(Cc1ccc(Br)cc1)N1CC2CCCC2C1. The van der Waals surface area contributed by atoms with Crippen LogP contribution in [0.2, 0.25) is 0 Å². The van der Waals surface area contributed by atoms with Gasteiger partial charge in [-0.05, 0) is 55.7 Å². The minimum atomic E-state index is 0.109. The van der Waals surface area contributed by atoms with Gasteiger partial charge in [-0.1, -0.05) is 34.5 Å². The van der Waals surface area contributed by atoms with Crippen LogP contribution >= 0.6 is 15.9 Å². The molecule has 0 spiro atoms. The highest BCUT2D eigenvalue weighted by Gasteiger charge is 2.42. The zero-order valence-electron chi connectivity index (χ0n) is 12.3. The Labute approximate surface area is 130 Å². The van der Waals surface area contributed by atoms with Gasteiger partial charge in [0.1, 0.15) is 0 Å². The second kappa shape index (κ2) is 5.78. The summed E-state index contributed by atoms with van der Waals surface area (Å²) in [6, 6.07) is 8.69. The molecule has 2 aliphatic rings. The summed E-state index contributed by atoms with van der Waals surface area (Å²) in [5, 5.41) is 0. The maximum Gasteiger partial charge on any atom is 0.0344 e. The molecule has 1 aliphatic carbocycles. The minimum absolute atomic E-state index is 0.109. The van der Waals surface area contributed by atoms with Crippen LogP contribution in [-0.2, 0) is 6.42 Å². The molecule has 2 fully saturated rings. The van der Waals surface area contributed by atoms with Crippen LogP contribution in [0.25, 0.3) is 0 Å². The molecule has 3 unspecified atom stereocenters. The number of likely N-dealkylation sites (tertiary alicyclic amines) is 1. The fourth-order valence-corrected chi connectivity index (χ4v) is 4.30. The van der Waals surface area contributed by atoms with Crippen molar-refractivity contribution in [1.82, 2.24) is 4.90 Å². The number of hydrogen-bond acceptors (Lipinski definition) is 2. The van der Waals surface area contributed by atoms with Gasteiger partial charge in [-0.15, -0.1) is 0 Å². The Bertz CT molecular complexity index is 447. The van der Waals surface area contributed by atoms with E-state index in [4.69, 9.17) is 5.73 Å². The maximum atomic E-state index is 6.16. The van der Waals surface area contributed by atoms with E-state index in [1.54, 1.807) is 0 Å². The molecule has 20 heavy (non-hydrogen) atoms. The Morgan fingerprint density at radius 3 is 2.35 bits per heavy atom. The Morgan fingerprint density at radius 2 is 1.80 bits per heavy atom. The van der Waals surface area contributed by atoms with Crippen LogP contribution in [0.15, 0.2) is 28.7 Å². The molecule has 3 rings (SSSR count). The lowest BCUT2D eigenvalue weighted by Gasteiger charge is -2.39. The fourth-order valence-electron chi connectivity index (χ4n) is 4.03. The number of nitrogens with two attached hydrogens (primary N) is 1. The number of halogens is 1. The molecule has 110 valence electrons. The highest BCUT2D eigenvalue weighted by molar-refractivity contribution is 9.10. The monoisotopic (exact) mass is 336 g/mol. The zero-order valence-corrected chi connectivity index (χ0v) is 13.9. The molecule has 2 N–H and O–H groups in total. The summed E-state index contributed by atoms with van der Waals surface area (Å²) in [5.74, 6) is 1.87. The predicted molar refractivity (Wildman–Crippen MR) is 87.7 cm³/mol. The van der Waals surface area contributed by atoms with E-state index in [2.05, 4.69) is 52.0 Å². The van der Waals surface area contributed by atoms with Gasteiger partial charge in [0, 0.05) is 29.6 Å². The number of benzene rings is 1. The van der Waals surface area contributed by atoms with Crippen LogP contribution in [0, 0.1) is 11.8 Å². The van der Waals surface area contributed by atoms with Crippen molar-refractivity contribution in [3.63, 3.8) is 0 Å². The molecular weight excluding hydrogens is 312 g/mol. The summed E-state index contributed by atoms with van der Waals surface area (Å²) < 4.78 is 1.14. The smallest absolute Gasteiger partial charge is 0.0344 e. The van der Waals surface area contributed by atoms with Crippen LogP contribution in [0.5, 0.6) is 0 Å².